The molecule has 0 aromatic carbocycles. The number of ketones is 1. The summed E-state index contributed by atoms with van der Waals surface area (Å²) in [5.41, 5.74) is 2.81. The summed E-state index contributed by atoms with van der Waals surface area (Å²) in [5.74, 6) is 0.116. The minimum absolute atomic E-state index is 0.112. The minimum atomic E-state index is -0.112. The SMILES string of the molecule is C/C=C(\C)C1=C(CO)C(=O)CCC1. The Hall–Kier alpha value is -0.890. The standard InChI is InChI=1S/C11H16O2/c1-3-8(2)9-5-4-6-11(13)10(9)7-12/h3,12H,4-7H2,1-2H3/b8-3+. The van der Waals surface area contributed by atoms with Crippen LogP contribution in [0.15, 0.2) is 22.8 Å². The predicted molar refractivity (Wildman–Crippen MR) is 52.4 cm³/mol. The molecule has 0 saturated carbocycles. The second-order valence-electron chi connectivity index (χ2n) is 3.36. The lowest BCUT2D eigenvalue weighted by Crippen LogP contribution is -2.15. The molecule has 0 aliphatic heterocycles. The molecular formula is C11H16O2. The smallest absolute Gasteiger partial charge is 0.161 e. The van der Waals surface area contributed by atoms with E-state index in [2.05, 4.69) is 0 Å². The monoisotopic (exact) mass is 180 g/mol. The maximum atomic E-state index is 11.4. The summed E-state index contributed by atoms with van der Waals surface area (Å²) >= 11 is 0. The number of hydrogen-bond acceptors (Lipinski definition) is 2. The predicted octanol–water partition coefficient (Wildman–Crippen LogP) is 1.99. The fourth-order valence-corrected chi connectivity index (χ4v) is 1.69. The van der Waals surface area contributed by atoms with E-state index in [1.54, 1.807) is 0 Å². The maximum absolute atomic E-state index is 11.4. The van der Waals surface area contributed by atoms with E-state index < -0.39 is 0 Å². The van der Waals surface area contributed by atoms with E-state index in [0.717, 1.165) is 24.0 Å². The van der Waals surface area contributed by atoms with Crippen molar-refractivity contribution in [3.05, 3.63) is 22.8 Å². The Labute approximate surface area is 79.0 Å². The topological polar surface area (TPSA) is 37.3 Å². The normalized spacial score (nSPS) is 19.6. The number of carbonyl (C=O) groups is 1. The van der Waals surface area contributed by atoms with E-state index in [4.69, 9.17) is 5.11 Å². The van der Waals surface area contributed by atoms with Crippen molar-refractivity contribution in [2.45, 2.75) is 33.1 Å². The van der Waals surface area contributed by atoms with Gasteiger partial charge < -0.3 is 5.11 Å². The van der Waals surface area contributed by atoms with Gasteiger partial charge in [-0.15, -0.1) is 0 Å². The first-order valence-corrected chi connectivity index (χ1v) is 4.70. The summed E-state index contributed by atoms with van der Waals surface area (Å²) in [6, 6.07) is 0. The van der Waals surface area contributed by atoms with Gasteiger partial charge in [-0.3, -0.25) is 4.79 Å². The van der Waals surface area contributed by atoms with Crippen molar-refractivity contribution in [1.82, 2.24) is 0 Å². The highest BCUT2D eigenvalue weighted by Crippen LogP contribution is 2.27. The summed E-state index contributed by atoms with van der Waals surface area (Å²) in [5, 5.41) is 9.07. The first kappa shape index (κ1) is 10.2. The van der Waals surface area contributed by atoms with Gasteiger partial charge in [0.25, 0.3) is 0 Å². The molecule has 0 amide bonds. The molecule has 1 rings (SSSR count). The Balaban J connectivity index is 3.06. The Bertz CT molecular complexity index is 272. The molecule has 0 atom stereocenters. The quantitative estimate of drug-likeness (QED) is 0.705. The summed E-state index contributed by atoms with van der Waals surface area (Å²) in [6.07, 6.45) is 4.43. The highest BCUT2D eigenvalue weighted by molar-refractivity contribution is 5.97. The molecule has 0 fully saturated rings. The van der Waals surface area contributed by atoms with Gasteiger partial charge in [-0.1, -0.05) is 11.6 Å². The number of carbonyl (C=O) groups excluding carboxylic acids is 1. The Morgan fingerprint density at radius 1 is 1.54 bits per heavy atom. The molecule has 0 heterocycles. The third-order valence-corrected chi connectivity index (χ3v) is 2.60. The van der Waals surface area contributed by atoms with Crippen LogP contribution in [-0.2, 0) is 4.79 Å². The molecular weight excluding hydrogens is 164 g/mol. The molecule has 1 N–H and O–H groups in total. The molecule has 1 aliphatic rings. The molecule has 2 heteroatoms. The highest BCUT2D eigenvalue weighted by Gasteiger charge is 2.19. The average Bonchev–Trinajstić information content (AvgIpc) is 2.16. The van der Waals surface area contributed by atoms with Crippen molar-refractivity contribution in [2.24, 2.45) is 0 Å². The Morgan fingerprint density at radius 2 is 2.23 bits per heavy atom. The zero-order chi connectivity index (χ0) is 9.84. The van der Waals surface area contributed by atoms with Crippen LogP contribution in [0.25, 0.3) is 0 Å². The van der Waals surface area contributed by atoms with Crippen LogP contribution in [0, 0.1) is 0 Å². The number of Topliss-reactive ketones (excluding diaryl/α,β-unsaturated/α-hetero) is 1. The van der Waals surface area contributed by atoms with E-state index in [1.165, 1.54) is 0 Å². The molecule has 13 heavy (non-hydrogen) atoms. The first-order valence-electron chi connectivity index (χ1n) is 4.70. The highest BCUT2D eigenvalue weighted by atomic mass is 16.3. The van der Waals surface area contributed by atoms with E-state index in [-0.39, 0.29) is 12.4 Å². The van der Waals surface area contributed by atoms with Crippen molar-refractivity contribution in [1.29, 1.82) is 0 Å². The Morgan fingerprint density at radius 3 is 2.77 bits per heavy atom. The van der Waals surface area contributed by atoms with Crippen LogP contribution in [0.1, 0.15) is 33.1 Å². The molecule has 0 unspecified atom stereocenters. The summed E-state index contributed by atoms with van der Waals surface area (Å²) in [4.78, 5) is 11.4. The van der Waals surface area contributed by atoms with E-state index in [9.17, 15) is 4.79 Å². The van der Waals surface area contributed by atoms with Gasteiger partial charge in [0.15, 0.2) is 5.78 Å². The maximum Gasteiger partial charge on any atom is 0.161 e. The number of aliphatic hydroxyl groups is 1. The largest absolute Gasteiger partial charge is 0.392 e. The van der Waals surface area contributed by atoms with Gasteiger partial charge in [-0.05, 0) is 32.3 Å². The molecule has 0 aromatic rings. The second-order valence-corrected chi connectivity index (χ2v) is 3.36. The summed E-state index contributed by atoms with van der Waals surface area (Å²) in [6.45, 7) is 3.83. The molecule has 2 nitrogen and oxygen atoms in total. The third kappa shape index (κ3) is 2.07. The van der Waals surface area contributed by atoms with Crippen LogP contribution >= 0.6 is 0 Å². The van der Waals surface area contributed by atoms with E-state index in [1.807, 2.05) is 19.9 Å². The van der Waals surface area contributed by atoms with E-state index >= 15 is 0 Å². The van der Waals surface area contributed by atoms with Gasteiger partial charge in [0, 0.05) is 12.0 Å². The lowest BCUT2D eigenvalue weighted by molar-refractivity contribution is -0.116. The molecule has 1 aliphatic carbocycles. The molecule has 0 spiro atoms. The third-order valence-electron chi connectivity index (χ3n) is 2.60. The van der Waals surface area contributed by atoms with Crippen LogP contribution in [0.5, 0.6) is 0 Å². The lowest BCUT2D eigenvalue weighted by atomic mass is 9.87. The van der Waals surface area contributed by atoms with Crippen LogP contribution in [0.3, 0.4) is 0 Å². The molecule has 0 aromatic heterocycles. The average molecular weight is 180 g/mol. The molecule has 0 saturated heterocycles. The van der Waals surface area contributed by atoms with Crippen LogP contribution in [-0.4, -0.2) is 17.5 Å². The first-order chi connectivity index (χ1) is 6.20. The summed E-state index contributed by atoms with van der Waals surface area (Å²) in [7, 11) is 0. The van der Waals surface area contributed by atoms with Gasteiger partial charge in [0.1, 0.15) is 0 Å². The fourth-order valence-electron chi connectivity index (χ4n) is 1.69. The number of allylic oxidation sites excluding steroid dienone is 3. The number of rotatable bonds is 2. The van der Waals surface area contributed by atoms with Crippen molar-refractivity contribution in [3.8, 4) is 0 Å². The van der Waals surface area contributed by atoms with Crippen LogP contribution in [0.4, 0.5) is 0 Å². The van der Waals surface area contributed by atoms with Crippen LogP contribution in [0.2, 0.25) is 0 Å². The number of aliphatic hydroxyl groups excluding tert-OH is 1. The zero-order valence-corrected chi connectivity index (χ0v) is 8.26. The van der Waals surface area contributed by atoms with Crippen molar-refractivity contribution >= 4 is 5.78 Å². The van der Waals surface area contributed by atoms with Gasteiger partial charge >= 0.3 is 0 Å². The Kier molecular flexibility index (Phi) is 3.43. The zero-order valence-electron chi connectivity index (χ0n) is 8.26. The molecule has 0 bridgehead atoms. The molecule has 72 valence electrons. The molecule has 0 radical (unpaired) electrons. The fraction of sp³-hybridized carbons (Fsp3) is 0.545. The van der Waals surface area contributed by atoms with Gasteiger partial charge in [0.05, 0.1) is 6.61 Å². The van der Waals surface area contributed by atoms with Gasteiger partial charge in [-0.2, -0.15) is 0 Å². The van der Waals surface area contributed by atoms with Crippen LogP contribution < -0.4 is 0 Å². The van der Waals surface area contributed by atoms with Crippen molar-refractivity contribution < 1.29 is 9.90 Å². The van der Waals surface area contributed by atoms with Crippen molar-refractivity contribution in [3.63, 3.8) is 0 Å². The van der Waals surface area contributed by atoms with Gasteiger partial charge in [-0.25, -0.2) is 0 Å². The minimum Gasteiger partial charge on any atom is -0.392 e. The van der Waals surface area contributed by atoms with Crippen molar-refractivity contribution in [2.75, 3.05) is 6.61 Å². The lowest BCUT2D eigenvalue weighted by Gasteiger charge is -2.18. The number of hydrogen-bond donors (Lipinski definition) is 1. The second kappa shape index (κ2) is 4.38. The van der Waals surface area contributed by atoms with E-state index in [0.29, 0.717) is 12.0 Å². The summed E-state index contributed by atoms with van der Waals surface area (Å²) < 4.78 is 0. The van der Waals surface area contributed by atoms with Gasteiger partial charge in [0.2, 0.25) is 0 Å².